The van der Waals surface area contributed by atoms with Crippen LogP contribution in [0.25, 0.3) is 0 Å². The second-order valence-electron chi connectivity index (χ2n) is 8.71. The van der Waals surface area contributed by atoms with Crippen LogP contribution in [-0.2, 0) is 22.6 Å². The number of carbonyl (C=O) groups excluding carboxylic acids is 3. The van der Waals surface area contributed by atoms with Crippen molar-refractivity contribution in [1.82, 2.24) is 25.7 Å². The van der Waals surface area contributed by atoms with Crippen molar-refractivity contribution in [2.45, 2.75) is 59.7 Å². The summed E-state index contributed by atoms with van der Waals surface area (Å²) >= 11 is 0. The third-order valence-electron chi connectivity index (χ3n) is 5.95. The van der Waals surface area contributed by atoms with Gasteiger partial charge in [0.25, 0.3) is 11.8 Å². The Hall–Kier alpha value is -3.98. The van der Waals surface area contributed by atoms with Crippen LogP contribution in [0.2, 0.25) is 0 Å². The van der Waals surface area contributed by atoms with Gasteiger partial charge in [-0.3, -0.25) is 19.5 Å². The van der Waals surface area contributed by atoms with E-state index in [1.54, 1.807) is 19.9 Å². The fourth-order valence-electron chi connectivity index (χ4n) is 3.82. The summed E-state index contributed by atoms with van der Waals surface area (Å²) in [4.78, 5) is 39.8. The Kier molecular flexibility index (Phi) is 12.2. The molecule has 0 bridgehead atoms. The highest BCUT2D eigenvalue weighted by atomic mass is 16.3. The van der Waals surface area contributed by atoms with E-state index in [0.29, 0.717) is 12.2 Å². The van der Waals surface area contributed by atoms with Gasteiger partial charge >= 0.3 is 0 Å². The molecule has 0 saturated carbocycles. The average molecular weight is 522 g/mol. The molecule has 0 aliphatic heterocycles. The number of nitrogens with one attached hydrogen (secondary N) is 3. The second-order valence-corrected chi connectivity index (χ2v) is 8.71. The molecule has 2 atom stereocenters. The second kappa shape index (κ2) is 15.3. The van der Waals surface area contributed by atoms with Crippen LogP contribution in [0.4, 0.5) is 0 Å². The molecular formula is C29H39N5O4. The summed E-state index contributed by atoms with van der Waals surface area (Å²) in [5, 5.41) is 23.3. The maximum absolute atomic E-state index is 13.2. The predicted octanol–water partition coefficient (Wildman–Crippen LogP) is 2.92. The van der Waals surface area contributed by atoms with Crippen LogP contribution in [0.1, 0.15) is 53.6 Å². The van der Waals surface area contributed by atoms with Crippen LogP contribution in [0.15, 0.2) is 60.7 Å². The van der Waals surface area contributed by atoms with Crippen molar-refractivity contribution >= 4 is 17.7 Å². The molecular weight excluding hydrogens is 482 g/mol. The number of amides is 3. The summed E-state index contributed by atoms with van der Waals surface area (Å²) in [6, 6.07) is 17.6. The maximum atomic E-state index is 13.2. The molecule has 3 amide bonds. The molecule has 0 aliphatic rings. The summed E-state index contributed by atoms with van der Waals surface area (Å²) in [7, 11) is 0. The lowest BCUT2D eigenvalue weighted by molar-refractivity contribution is -0.144. The highest BCUT2D eigenvalue weighted by Crippen LogP contribution is 2.11. The lowest BCUT2D eigenvalue weighted by atomic mass is 10.00. The van der Waals surface area contributed by atoms with Crippen molar-refractivity contribution in [1.29, 1.82) is 0 Å². The van der Waals surface area contributed by atoms with E-state index in [9.17, 15) is 19.5 Å². The van der Waals surface area contributed by atoms with Crippen LogP contribution in [0.3, 0.4) is 0 Å². The first-order valence-electron chi connectivity index (χ1n) is 12.9. The largest absolute Gasteiger partial charge is 0.381 e. The molecule has 9 nitrogen and oxygen atoms in total. The number of benzene rings is 2. The molecule has 1 aromatic heterocycles. The zero-order chi connectivity index (χ0) is 28.1. The molecule has 0 spiro atoms. The van der Waals surface area contributed by atoms with E-state index in [4.69, 9.17) is 0 Å². The minimum atomic E-state index is -1.56. The zero-order valence-corrected chi connectivity index (χ0v) is 22.8. The Morgan fingerprint density at radius 3 is 2.29 bits per heavy atom. The van der Waals surface area contributed by atoms with E-state index < -0.39 is 24.0 Å². The number of aliphatic hydroxyl groups excluding tert-OH is 1. The van der Waals surface area contributed by atoms with Crippen LogP contribution < -0.4 is 10.6 Å². The topological polar surface area (TPSA) is 127 Å². The Labute approximate surface area is 224 Å². The highest BCUT2D eigenvalue weighted by molar-refractivity contribution is 5.93. The number of aliphatic hydroxyl groups is 1. The maximum Gasteiger partial charge on any atom is 0.272 e. The van der Waals surface area contributed by atoms with Gasteiger partial charge in [-0.25, -0.2) is 0 Å². The third kappa shape index (κ3) is 8.85. The number of rotatable bonds is 11. The quantitative estimate of drug-likeness (QED) is 0.309. The SMILES string of the molecule is CC.CCN(CC(=O)NCc1ccccc1C)C(=O)C(O)C(Cc1ccccc1)NC(=O)c1cc(C)[nH]n1. The van der Waals surface area contributed by atoms with E-state index in [2.05, 4.69) is 20.8 Å². The van der Waals surface area contributed by atoms with Crippen LogP contribution in [0.5, 0.6) is 0 Å². The molecule has 1 heterocycles. The van der Waals surface area contributed by atoms with Crippen LogP contribution in [-0.4, -0.2) is 63.2 Å². The summed E-state index contributed by atoms with van der Waals surface area (Å²) in [5.74, 6) is -1.48. The van der Waals surface area contributed by atoms with E-state index in [-0.39, 0.29) is 31.1 Å². The number of hydrogen-bond acceptors (Lipinski definition) is 5. The van der Waals surface area contributed by atoms with Gasteiger partial charge in [0.15, 0.2) is 6.10 Å². The summed E-state index contributed by atoms with van der Waals surface area (Å²) in [6.07, 6.45) is -1.33. The van der Waals surface area contributed by atoms with Crippen molar-refractivity contribution in [3.8, 4) is 0 Å². The number of H-pyrrole nitrogens is 1. The Bertz CT molecular complexity index is 1180. The Morgan fingerprint density at radius 2 is 1.68 bits per heavy atom. The molecule has 4 N–H and O–H groups in total. The summed E-state index contributed by atoms with van der Waals surface area (Å²) < 4.78 is 0. The summed E-state index contributed by atoms with van der Waals surface area (Å²) in [6.45, 7) is 9.82. The smallest absolute Gasteiger partial charge is 0.272 e. The molecule has 2 aromatic carbocycles. The van der Waals surface area contributed by atoms with Gasteiger partial charge in [-0.2, -0.15) is 5.10 Å². The van der Waals surface area contributed by atoms with E-state index in [1.807, 2.05) is 75.4 Å². The van der Waals surface area contributed by atoms with Crippen molar-refractivity contribution < 1.29 is 19.5 Å². The fourth-order valence-corrected chi connectivity index (χ4v) is 3.82. The van der Waals surface area contributed by atoms with Gasteiger partial charge in [-0.15, -0.1) is 0 Å². The first-order valence-corrected chi connectivity index (χ1v) is 12.9. The van der Waals surface area contributed by atoms with Gasteiger partial charge in [0, 0.05) is 18.8 Å². The number of aromatic amines is 1. The number of hydrogen-bond donors (Lipinski definition) is 4. The molecule has 38 heavy (non-hydrogen) atoms. The molecule has 3 aromatic rings. The molecule has 9 heteroatoms. The van der Waals surface area contributed by atoms with Crippen molar-refractivity contribution in [2.24, 2.45) is 0 Å². The minimum absolute atomic E-state index is 0.160. The average Bonchev–Trinajstić information content (AvgIpc) is 3.38. The number of aryl methyl sites for hydroxylation is 2. The van der Waals surface area contributed by atoms with Gasteiger partial charge < -0.3 is 20.6 Å². The zero-order valence-electron chi connectivity index (χ0n) is 22.8. The predicted molar refractivity (Wildman–Crippen MR) is 147 cm³/mol. The first kappa shape index (κ1) is 30.2. The monoisotopic (exact) mass is 521 g/mol. The van der Waals surface area contributed by atoms with Crippen molar-refractivity contribution in [2.75, 3.05) is 13.1 Å². The fraction of sp³-hybridized carbons (Fsp3) is 0.379. The Balaban J connectivity index is 0.00000247. The first-order chi connectivity index (χ1) is 18.3. The van der Waals surface area contributed by atoms with E-state index >= 15 is 0 Å². The third-order valence-corrected chi connectivity index (χ3v) is 5.95. The molecule has 0 radical (unpaired) electrons. The molecule has 3 rings (SSSR count). The molecule has 204 valence electrons. The van der Waals surface area contributed by atoms with Crippen LogP contribution in [0, 0.1) is 13.8 Å². The normalized spacial score (nSPS) is 11.9. The van der Waals surface area contributed by atoms with Gasteiger partial charge in [0.1, 0.15) is 5.69 Å². The number of aromatic nitrogens is 2. The molecule has 0 fully saturated rings. The molecule has 0 saturated heterocycles. The minimum Gasteiger partial charge on any atom is -0.381 e. The van der Waals surface area contributed by atoms with E-state index in [0.717, 1.165) is 16.7 Å². The standard InChI is InChI=1S/C27H33N5O4.C2H6/c1-4-32(17-24(33)28-16-21-13-9-8-10-18(21)2)27(36)25(34)22(15-20-11-6-5-7-12-20)29-26(35)23-14-19(3)30-31-23;1-2/h5-14,22,25,34H,4,15-17H2,1-3H3,(H,28,33)(H,29,35)(H,30,31);1-2H3. The van der Waals surface area contributed by atoms with E-state index in [1.165, 1.54) is 4.90 Å². The van der Waals surface area contributed by atoms with Gasteiger partial charge in [0.05, 0.1) is 12.6 Å². The number of carbonyl (C=O) groups is 3. The molecule has 2 unspecified atom stereocenters. The van der Waals surface area contributed by atoms with Crippen LogP contribution >= 0.6 is 0 Å². The molecule has 0 aliphatic carbocycles. The number of likely N-dealkylation sites (N-methyl/N-ethyl adjacent to an activating group) is 1. The summed E-state index contributed by atoms with van der Waals surface area (Å²) in [5.41, 5.74) is 3.76. The van der Waals surface area contributed by atoms with Gasteiger partial charge in [0.2, 0.25) is 5.91 Å². The van der Waals surface area contributed by atoms with Gasteiger partial charge in [-0.1, -0.05) is 68.4 Å². The van der Waals surface area contributed by atoms with Gasteiger partial charge in [-0.05, 0) is 49.9 Å². The number of nitrogens with zero attached hydrogens (tertiary/aromatic N) is 2. The Morgan fingerprint density at radius 1 is 1.03 bits per heavy atom. The van der Waals surface area contributed by atoms with Crippen molar-refractivity contribution in [3.05, 3.63) is 88.7 Å². The lowest BCUT2D eigenvalue weighted by Gasteiger charge is -2.28. The lowest BCUT2D eigenvalue weighted by Crippen LogP contribution is -2.54. The highest BCUT2D eigenvalue weighted by Gasteiger charge is 2.32. The van der Waals surface area contributed by atoms with Crippen molar-refractivity contribution in [3.63, 3.8) is 0 Å².